The first-order valence-corrected chi connectivity index (χ1v) is 6.36. The number of hydrogen-bond acceptors (Lipinski definition) is 3. The highest BCUT2D eigenvalue weighted by molar-refractivity contribution is 5.68. The first-order chi connectivity index (χ1) is 8.83. The smallest absolute Gasteiger partial charge is 0.410 e. The van der Waals surface area contributed by atoms with E-state index in [0.717, 1.165) is 31.9 Å². The van der Waals surface area contributed by atoms with Crippen molar-refractivity contribution in [3.05, 3.63) is 35.9 Å². The second-order valence-electron chi connectivity index (χ2n) is 5.00. The molecule has 2 atom stereocenters. The van der Waals surface area contributed by atoms with E-state index in [1.54, 1.807) is 4.90 Å². The molecular weight excluding hydrogens is 230 g/mol. The molecule has 2 heterocycles. The van der Waals surface area contributed by atoms with Gasteiger partial charge in [0.1, 0.15) is 6.61 Å². The van der Waals surface area contributed by atoms with Crippen LogP contribution in [-0.4, -0.2) is 37.3 Å². The van der Waals surface area contributed by atoms with Gasteiger partial charge in [0, 0.05) is 24.9 Å². The van der Waals surface area contributed by atoms with E-state index >= 15 is 0 Å². The number of rotatable bonds is 2. The summed E-state index contributed by atoms with van der Waals surface area (Å²) in [5.41, 5.74) is 1.02. The molecule has 2 fully saturated rings. The van der Waals surface area contributed by atoms with Crippen molar-refractivity contribution < 1.29 is 14.3 Å². The van der Waals surface area contributed by atoms with Crippen molar-refractivity contribution in [2.75, 3.05) is 26.3 Å². The summed E-state index contributed by atoms with van der Waals surface area (Å²) >= 11 is 0. The first kappa shape index (κ1) is 11.5. The minimum absolute atomic E-state index is 0.201. The van der Waals surface area contributed by atoms with Crippen molar-refractivity contribution >= 4 is 6.09 Å². The Morgan fingerprint density at radius 3 is 2.56 bits per heavy atom. The van der Waals surface area contributed by atoms with Gasteiger partial charge in [-0.2, -0.15) is 0 Å². The second kappa shape index (κ2) is 4.98. The number of carbonyl (C=O) groups excluding carboxylic acids is 1. The zero-order chi connectivity index (χ0) is 12.4. The van der Waals surface area contributed by atoms with Crippen LogP contribution in [0.2, 0.25) is 0 Å². The third-order valence-corrected chi connectivity index (χ3v) is 3.70. The number of hydrogen-bond donors (Lipinski definition) is 0. The highest BCUT2D eigenvalue weighted by Crippen LogP contribution is 2.29. The molecule has 18 heavy (non-hydrogen) atoms. The summed E-state index contributed by atoms with van der Waals surface area (Å²) in [6.45, 7) is 3.47. The quantitative estimate of drug-likeness (QED) is 0.801. The Kier molecular flexibility index (Phi) is 3.19. The van der Waals surface area contributed by atoms with Crippen LogP contribution in [-0.2, 0) is 16.1 Å². The van der Waals surface area contributed by atoms with Crippen molar-refractivity contribution in [3.63, 3.8) is 0 Å². The molecule has 3 rings (SSSR count). The van der Waals surface area contributed by atoms with E-state index in [4.69, 9.17) is 9.47 Å². The standard InChI is InChI=1S/C14H17NO3/c16-14(18-8-11-4-2-1-3-5-11)15-6-12-9-17-10-13(12)7-15/h1-5,12-13H,6-10H2. The molecule has 0 aromatic heterocycles. The molecule has 2 aliphatic rings. The van der Waals surface area contributed by atoms with Crippen molar-refractivity contribution in [2.24, 2.45) is 11.8 Å². The maximum absolute atomic E-state index is 11.9. The highest BCUT2D eigenvalue weighted by atomic mass is 16.6. The van der Waals surface area contributed by atoms with Gasteiger partial charge in [-0.1, -0.05) is 30.3 Å². The molecule has 2 aliphatic heterocycles. The van der Waals surface area contributed by atoms with Crippen LogP contribution >= 0.6 is 0 Å². The molecule has 0 radical (unpaired) electrons. The van der Waals surface area contributed by atoms with E-state index in [1.807, 2.05) is 30.3 Å². The van der Waals surface area contributed by atoms with Gasteiger partial charge in [0.2, 0.25) is 0 Å². The average molecular weight is 247 g/mol. The number of likely N-dealkylation sites (tertiary alicyclic amines) is 1. The zero-order valence-electron chi connectivity index (χ0n) is 10.2. The van der Waals surface area contributed by atoms with Crippen LogP contribution in [0.3, 0.4) is 0 Å². The number of amides is 1. The Labute approximate surface area is 106 Å². The third-order valence-electron chi connectivity index (χ3n) is 3.70. The molecule has 0 bridgehead atoms. The van der Waals surface area contributed by atoms with Crippen LogP contribution in [0, 0.1) is 11.8 Å². The molecule has 0 N–H and O–H groups in total. The lowest BCUT2D eigenvalue weighted by Crippen LogP contribution is -2.30. The summed E-state index contributed by atoms with van der Waals surface area (Å²) < 4.78 is 10.7. The molecule has 1 aromatic carbocycles. The van der Waals surface area contributed by atoms with Crippen LogP contribution in [0.1, 0.15) is 5.56 Å². The van der Waals surface area contributed by atoms with Gasteiger partial charge in [-0.15, -0.1) is 0 Å². The molecule has 0 aliphatic carbocycles. The summed E-state index contributed by atoms with van der Waals surface area (Å²) in [7, 11) is 0. The van der Waals surface area contributed by atoms with Crippen LogP contribution in [0.15, 0.2) is 30.3 Å². The minimum atomic E-state index is -0.201. The van der Waals surface area contributed by atoms with E-state index in [9.17, 15) is 4.79 Å². The van der Waals surface area contributed by atoms with Gasteiger partial charge in [-0.25, -0.2) is 4.79 Å². The monoisotopic (exact) mass is 247 g/mol. The Hall–Kier alpha value is -1.55. The number of fused-ring (bicyclic) bond motifs is 1. The summed E-state index contributed by atoms with van der Waals surface area (Å²) in [5, 5.41) is 0. The van der Waals surface area contributed by atoms with Gasteiger partial charge in [0.15, 0.2) is 0 Å². The van der Waals surface area contributed by atoms with Crippen LogP contribution in [0.25, 0.3) is 0 Å². The summed E-state index contributed by atoms with van der Waals surface area (Å²) in [4.78, 5) is 13.7. The van der Waals surface area contributed by atoms with Crippen molar-refractivity contribution in [1.82, 2.24) is 4.90 Å². The fourth-order valence-electron chi connectivity index (χ4n) is 2.65. The fraction of sp³-hybridized carbons (Fsp3) is 0.500. The maximum atomic E-state index is 11.9. The lowest BCUT2D eigenvalue weighted by Gasteiger charge is -2.17. The number of carbonyl (C=O) groups is 1. The van der Waals surface area contributed by atoms with Gasteiger partial charge in [0.25, 0.3) is 0 Å². The van der Waals surface area contributed by atoms with Crippen molar-refractivity contribution in [2.45, 2.75) is 6.61 Å². The van der Waals surface area contributed by atoms with E-state index in [-0.39, 0.29) is 6.09 Å². The SMILES string of the molecule is O=C(OCc1ccccc1)N1CC2COCC2C1. The van der Waals surface area contributed by atoms with E-state index < -0.39 is 0 Å². The molecule has 4 nitrogen and oxygen atoms in total. The third kappa shape index (κ3) is 2.34. The highest BCUT2D eigenvalue weighted by Gasteiger charge is 2.39. The summed E-state index contributed by atoms with van der Waals surface area (Å²) in [6, 6.07) is 9.76. The topological polar surface area (TPSA) is 38.8 Å². The molecule has 4 heteroatoms. The maximum Gasteiger partial charge on any atom is 0.410 e. The molecule has 1 amide bonds. The Balaban J connectivity index is 1.50. The van der Waals surface area contributed by atoms with Gasteiger partial charge in [-0.3, -0.25) is 0 Å². The number of nitrogens with zero attached hydrogens (tertiary/aromatic N) is 1. The van der Waals surface area contributed by atoms with Gasteiger partial charge in [-0.05, 0) is 5.56 Å². The summed E-state index contributed by atoms with van der Waals surface area (Å²) in [5.74, 6) is 1.02. The van der Waals surface area contributed by atoms with Crippen molar-refractivity contribution in [3.8, 4) is 0 Å². The molecule has 0 spiro atoms. The first-order valence-electron chi connectivity index (χ1n) is 6.36. The Morgan fingerprint density at radius 1 is 1.22 bits per heavy atom. The van der Waals surface area contributed by atoms with Crippen LogP contribution in [0.5, 0.6) is 0 Å². The number of ether oxygens (including phenoxy) is 2. The lowest BCUT2D eigenvalue weighted by atomic mass is 10.0. The molecular formula is C14H17NO3. The van der Waals surface area contributed by atoms with Gasteiger partial charge < -0.3 is 14.4 Å². The molecule has 96 valence electrons. The van der Waals surface area contributed by atoms with Crippen LogP contribution < -0.4 is 0 Å². The Morgan fingerprint density at radius 2 is 1.89 bits per heavy atom. The summed E-state index contributed by atoms with van der Waals surface area (Å²) in [6.07, 6.45) is -0.201. The second-order valence-corrected chi connectivity index (χ2v) is 5.00. The van der Waals surface area contributed by atoms with Gasteiger partial charge in [0.05, 0.1) is 13.2 Å². The molecule has 1 aromatic rings. The number of benzene rings is 1. The van der Waals surface area contributed by atoms with E-state index in [1.165, 1.54) is 0 Å². The fourth-order valence-corrected chi connectivity index (χ4v) is 2.65. The molecule has 2 saturated heterocycles. The predicted molar refractivity (Wildman–Crippen MR) is 66.0 cm³/mol. The molecule has 0 saturated carbocycles. The normalized spacial score (nSPS) is 26.1. The molecule has 2 unspecified atom stereocenters. The lowest BCUT2D eigenvalue weighted by molar-refractivity contribution is 0.0935. The van der Waals surface area contributed by atoms with E-state index in [0.29, 0.717) is 18.4 Å². The minimum Gasteiger partial charge on any atom is -0.445 e. The largest absolute Gasteiger partial charge is 0.445 e. The van der Waals surface area contributed by atoms with Gasteiger partial charge >= 0.3 is 6.09 Å². The van der Waals surface area contributed by atoms with Crippen molar-refractivity contribution in [1.29, 1.82) is 0 Å². The Bertz CT molecular complexity index is 408. The zero-order valence-corrected chi connectivity index (χ0v) is 10.2. The predicted octanol–water partition coefficient (Wildman–Crippen LogP) is 1.90. The average Bonchev–Trinajstić information content (AvgIpc) is 2.98. The van der Waals surface area contributed by atoms with Crippen LogP contribution in [0.4, 0.5) is 4.79 Å². The van der Waals surface area contributed by atoms with E-state index in [2.05, 4.69) is 0 Å².